The zero-order chi connectivity index (χ0) is 17.1. The minimum absolute atomic E-state index is 0.153. The Balaban J connectivity index is 1.88. The predicted molar refractivity (Wildman–Crippen MR) is 98.2 cm³/mol. The van der Waals surface area contributed by atoms with E-state index in [2.05, 4.69) is 22.7 Å². The molecule has 3 rings (SSSR count). The van der Waals surface area contributed by atoms with Crippen LogP contribution in [0.1, 0.15) is 22.8 Å². The second kappa shape index (κ2) is 6.72. The van der Waals surface area contributed by atoms with Crippen LogP contribution in [0.5, 0.6) is 0 Å². The highest BCUT2D eigenvalue weighted by Gasteiger charge is 2.07. The third-order valence-corrected chi connectivity index (χ3v) is 4.05. The third kappa shape index (κ3) is 3.39. The normalized spacial score (nSPS) is 11.5. The number of rotatable bonds is 4. The summed E-state index contributed by atoms with van der Waals surface area (Å²) in [5, 5.41) is 16.1. The molecule has 0 spiro atoms. The first kappa shape index (κ1) is 16.0. The van der Waals surface area contributed by atoms with Crippen LogP contribution in [-0.2, 0) is 0 Å². The second-order valence-electron chi connectivity index (χ2n) is 5.37. The van der Waals surface area contributed by atoms with Gasteiger partial charge in [0.15, 0.2) is 0 Å². The van der Waals surface area contributed by atoms with E-state index < -0.39 is 5.97 Å². The molecular weight excluding hydrogens is 324 g/mol. The molecule has 5 heteroatoms. The number of benzene rings is 3. The van der Waals surface area contributed by atoms with Gasteiger partial charge < -0.3 is 5.11 Å². The molecule has 0 bridgehead atoms. The molecule has 4 nitrogen and oxygen atoms in total. The SMILES string of the molecule is C/C(=N/Nc1cc(C(=O)O)ccc1Cl)c1ccc2ccccc2c1. The Bertz CT molecular complexity index is 951. The number of carboxylic acid groups (broad SMARTS) is 1. The molecule has 0 aliphatic carbocycles. The third-order valence-electron chi connectivity index (χ3n) is 3.72. The largest absolute Gasteiger partial charge is 0.478 e. The van der Waals surface area contributed by atoms with Crippen molar-refractivity contribution in [1.82, 2.24) is 0 Å². The van der Waals surface area contributed by atoms with Crippen molar-refractivity contribution >= 4 is 39.7 Å². The van der Waals surface area contributed by atoms with Crippen LogP contribution in [0.15, 0.2) is 65.8 Å². The van der Waals surface area contributed by atoms with Crippen LogP contribution in [0.3, 0.4) is 0 Å². The van der Waals surface area contributed by atoms with Crippen molar-refractivity contribution in [2.45, 2.75) is 6.92 Å². The lowest BCUT2D eigenvalue weighted by Crippen LogP contribution is -2.02. The van der Waals surface area contributed by atoms with Gasteiger partial charge in [-0.05, 0) is 47.5 Å². The number of halogens is 1. The molecule has 0 saturated heterocycles. The molecule has 0 unspecified atom stereocenters. The Hall–Kier alpha value is -2.85. The van der Waals surface area contributed by atoms with Gasteiger partial charge >= 0.3 is 5.97 Å². The number of carboxylic acids is 1. The summed E-state index contributed by atoms with van der Waals surface area (Å²) in [7, 11) is 0. The molecule has 3 aromatic rings. The Labute approximate surface area is 144 Å². The minimum Gasteiger partial charge on any atom is -0.478 e. The molecule has 0 heterocycles. The van der Waals surface area contributed by atoms with Crippen molar-refractivity contribution in [2.24, 2.45) is 5.10 Å². The standard InChI is InChI=1S/C19H15ClN2O2/c1-12(14-7-6-13-4-2-3-5-15(13)10-14)21-22-18-11-16(19(23)24)8-9-17(18)20/h2-11,22H,1H3,(H,23,24)/b21-12-. The number of fused-ring (bicyclic) bond motifs is 1. The average Bonchev–Trinajstić information content (AvgIpc) is 2.60. The Kier molecular flexibility index (Phi) is 4.49. The van der Waals surface area contributed by atoms with Crippen molar-refractivity contribution in [1.29, 1.82) is 0 Å². The van der Waals surface area contributed by atoms with Crippen LogP contribution in [0.4, 0.5) is 5.69 Å². The number of hydrogen-bond donors (Lipinski definition) is 2. The van der Waals surface area contributed by atoms with Crippen molar-refractivity contribution < 1.29 is 9.90 Å². The van der Waals surface area contributed by atoms with Gasteiger partial charge in [0.2, 0.25) is 0 Å². The maximum absolute atomic E-state index is 11.0. The van der Waals surface area contributed by atoms with Crippen molar-refractivity contribution in [3.8, 4) is 0 Å². The number of nitrogens with zero attached hydrogens (tertiary/aromatic N) is 1. The molecular formula is C19H15ClN2O2. The molecule has 120 valence electrons. The summed E-state index contributed by atoms with van der Waals surface area (Å²) < 4.78 is 0. The number of nitrogens with one attached hydrogen (secondary N) is 1. The first-order valence-corrected chi connectivity index (χ1v) is 7.75. The van der Waals surface area contributed by atoms with Crippen LogP contribution < -0.4 is 5.43 Å². The summed E-state index contributed by atoms with van der Waals surface area (Å²) in [6.07, 6.45) is 0. The Morgan fingerprint density at radius 1 is 1.00 bits per heavy atom. The Morgan fingerprint density at radius 2 is 1.71 bits per heavy atom. The van der Waals surface area contributed by atoms with Gasteiger partial charge in [-0.3, -0.25) is 5.43 Å². The maximum atomic E-state index is 11.0. The fourth-order valence-electron chi connectivity index (χ4n) is 2.37. The lowest BCUT2D eigenvalue weighted by atomic mass is 10.0. The number of hydrazone groups is 1. The first-order chi connectivity index (χ1) is 11.5. The molecule has 0 amide bonds. The molecule has 3 aromatic carbocycles. The van der Waals surface area contributed by atoms with Gasteiger partial charge in [0.25, 0.3) is 0 Å². The summed E-state index contributed by atoms with van der Waals surface area (Å²) in [6.45, 7) is 1.88. The van der Waals surface area contributed by atoms with E-state index in [-0.39, 0.29) is 5.56 Å². The summed E-state index contributed by atoms with van der Waals surface area (Å²) >= 11 is 6.08. The topological polar surface area (TPSA) is 61.7 Å². The number of hydrogen-bond acceptors (Lipinski definition) is 3. The molecule has 0 aliphatic rings. The summed E-state index contributed by atoms with van der Waals surface area (Å²) in [5.74, 6) is -1.01. The van der Waals surface area contributed by atoms with Crippen LogP contribution in [0, 0.1) is 0 Å². The first-order valence-electron chi connectivity index (χ1n) is 7.37. The van der Waals surface area contributed by atoms with Gasteiger partial charge in [-0.25, -0.2) is 4.79 Å². The van der Waals surface area contributed by atoms with E-state index in [1.807, 2.05) is 37.3 Å². The van der Waals surface area contributed by atoms with Gasteiger partial charge in [0, 0.05) is 0 Å². The van der Waals surface area contributed by atoms with Gasteiger partial charge in [-0.2, -0.15) is 5.10 Å². The van der Waals surface area contributed by atoms with Gasteiger partial charge in [0.05, 0.1) is 22.0 Å². The number of anilines is 1. The van der Waals surface area contributed by atoms with E-state index in [4.69, 9.17) is 16.7 Å². The van der Waals surface area contributed by atoms with E-state index in [9.17, 15) is 4.79 Å². The van der Waals surface area contributed by atoms with Gasteiger partial charge in [-0.15, -0.1) is 0 Å². The maximum Gasteiger partial charge on any atom is 0.335 e. The molecule has 2 N–H and O–H groups in total. The van der Waals surface area contributed by atoms with Crippen molar-refractivity contribution in [3.63, 3.8) is 0 Å². The highest BCUT2D eigenvalue weighted by Crippen LogP contribution is 2.23. The highest BCUT2D eigenvalue weighted by molar-refractivity contribution is 6.33. The fraction of sp³-hybridized carbons (Fsp3) is 0.0526. The monoisotopic (exact) mass is 338 g/mol. The van der Waals surface area contributed by atoms with Crippen LogP contribution in [-0.4, -0.2) is 16.8 Å². The Morgan fingerprint density at radius 3 is 2.46 bits per heavy atom. The molecule has 0 aromatic heterocycles. The van der Waals surface area contributed by atoms with E-state index in [1.54, 1.807) is 0 Å². The van der Waals surface area contributed by atoms with E-state index in [1.165, 1.54) is 23.6 Å². The van der Waals surface area contributed by atoms with E-state index in [0.717, 1.165) is 16.7 Å². The molecule has 0 saturated carbocycles. The highest BCUT2D eigenvalue weighted by atomic mass is 35.5. The molecule has 0 atom stereocenters. The lowest BCUT2D eigenvalue weighted by Gasteiger charge is -2.07. The van der Waals surface area contributed by atoms with Crippen LogP contribution in [0.25, 0.3) is 10.8 Å². The molecule has 24 heavy (non-hydrogen) atoms. The fourth-order valence-corrected chi connectivity index (χ4v) is 2.53. The summed E-state index contributed by atoms with van der Waals surface area (Å²) in [4.78, 5) is 11.0. The minimum atomic E-state index is -1.01. The lowest BCUT2D eigenvalue weighted by molar-refractivity contribution is 0.0697. The second-order valence-corrected chi connectivity index (χ2v) is 5.78. The molecule has 0 fully saturated rings. The van der Waals surface area contributed by atoms with E-state index >= 15 is 0 Å². The number of aromatic carboxylic acids is 1. The van der Waals surface area contributed by atoms with E-state index in [0.29, 0.717) is 10.7 Å². The zero-order valence-corrected chi connectivity index (χ0v) is 13.7. The average molecular weight is 339 g/mol. The van der Waals surface area contributed by atoms with Gasteiger partial charge in [-0.1, -0.05) is 48.0 Å². The van der Waals surface area contributed by atoms with Crippen molar-refractivity contribution in [3.05, 3.63) is 76.8 Å². The summed E-state index contributed by atoms with van der Waals surface area (Å²) in [6, 6.07) is 18.7. The number of carbonyl (C=O) groups is 1. The van der Waals surface area contributed by atoms with Gasteiger partial charge in [0.1, 0.15) is 0 Å². The van der Waals surface area contributed by atoms with Crippen LogP contribution >= 0.6 is 11.6 Å². The molecule has 0 radical (unpaired) electrons. The van der Waals surface area contributed by atoms with Crippen LogP contribution in [0.2, 0.25) is 5.02 Å². The predicted octanol–water partition coefficient (Wildman–Crippen LogP) is 5.03. The summed E-state index contributed by atoms with van der Waals surface area (Å²) in [5.41, 5.74) is 5.21. The quantitative estimate of drug-likeness (QED) is 0.518. The smallest absolute Gasteiger partial charge is 0.335 e. The zero-order valence-electron chi connectivity index (χ0n) is 13.0. The molecule has 0 aliphatic heterocycles. The van der Waals surface area contributed by atoms with Crippen molar-refractivity contribution in [2.75, 3.05) is 5.43 Å².